The number of hydrogen-bond donors (Lipinski definition) is 3. The summed E-state index contributed by atoms with van der Waals surface area (Å²) in [4.78, 5) is 25.3. The number of rotatable bonds is 8. The molecule has 3 rings (SSSR count). The summed E-state index contributed by atoms with van der Waals surface area (Å²) in [5, 5.41) is 10.4. The van der Waals surface area contributed by atoms with Gasteiger partial charge in [-0.25, -0.2) is 0 Å². The van der Waals surface area contributed by atoms with Crippen molar-refractivity contribution in [3.05, 3.63) is 70.4 Å². The van der Waals surface area contributed by atoms with Gasteiger partial charge >= 0.3 is 0 Å². The second-order valence-corrected chi connectivity index (χ2v) is 7.98. The molecule has 3 N–H and O–H groups in total. The van der Waals surface area contributed by atoms with Gasteiger partial charge in [0.1, 0.15) is 11.5 Å². The highest BCUT2D eigenvalue weighted by atomic mass is 32.1. The molecule has 2 amide bonds. The van der Waals surface area contributed by atoms with Gasteiger partial charge in [0.2, 0.25) is 0 Å². The van der Waals surface area contributed by atoms with Gasteiger partial charge in [-0.15, -0.1) is 11.3 Å². The van der Waals surface area contributed by atoms with Gasteiger partial charge in [-0.05, 0) is 66.5 Å². The van der Waals surface area contributed by atoms with Crippen molar-refractivity contribution in [3.8, 4) is 11.5 Å². The van der Waals surface area contributed by atoms with Gasteiger partial charge in [-0.1, -0.05) is 13.0 Å². The van der Waals surface area contributed by atoms with E-state index in [0.29, 0.717) is 39.9 Å². The van der Waals surface area contributed by atoms with Gasteiger partial charge < -0.3 is 20.1 Å². The average molecular weight is 470 g/mol. The fraction of sp³-hybridized carbons (Fsp3) is 0.174. The normalized spacial score (nSPS) is 10.2. The van der Waals surface area contributed by atoms with E-state index in [4.69, 9.17) is 21.7 Å². The average Bonchev–Trinajstić information content (AvgIpc) is 3.34. The minimum atomic E-state index is -0.337. The molecule has 0 aliphatic rings. The summed E-state index contributed by atoms with van der Waals surface area (Å²) in [6.07, 6.45) is 0.912. The Morgan fingerprint density at radius 3 is 2.47 bits per heavy atom. The van der Waals surface area contributed by atoms with Crippen molar-refractivity contribution in [2.45, 2.75) is 13.3 Å². The molecule has 0 aliphatic heterocycles. The van der Waals surface area contributed by atoms with Crippen LogP contribution in [0, 0.1) is 0 Å². The van der Waals surface area contributed by atoms with Crippen LogP contribution in [0.2, 0.25) is 0 Å². The largest absolute Gasteiger partial charge is 0.494 e. The first-order valence-electron chi connectivity index (χ1n) is 9.88. The molecule has 32 heavy (non-hydrogen) atoms. The predicted molar refractivity (Wildman–Crippen MR) is 131 cm³/mol. The maximum absolute atomic E-state index is 12.4. The smallest absolute Gasteiger partial charge is 0.265 e. The number of hydrogen-bond acceptors (Lipinski definition) is 6. The third kappa shape index (κ3) is 6.29. The zero-order valence-corrected chi connectivity index (χ0v) is 19.3. The van der Waals surface area contributed by atoms with Crippen molar-refractivity contribution >= 4 is 51.9 Å². The minimum Gasteiger partial charge on any atom is -0.494 e. The number of thiophene rings is 1. The number of carbonyl (C=O) groups is 2. The van der Waals surface area contributed by atoms with Gasteiger partial charge in [0.15, 0.2) is 5.11 Å². The molecular weight excluding hydrogens is 446 g/mol. The van der Waals surface area contributed by atoms with Crippen molar-refractivity contribution in [2.24, 2.45) is 0 Å². The van der Waals surface area contributed by atoms with E-state index >= 15 is 0 Å². The van der Waals surface area contributed by atoms with Crippen LogP contribution in [-0.2, 0) is 0 Å². The van der Waals surface area contributed by atoms with E-state index in [2.05, 4.69) is 16.0 Å². The van der Waals surface area contributed by atoms with Crippen LogP contribution in [0.5, 0.6) is 11.5 Å². The number of thiocarbonyl (C=S) groups is 1. The number of methoxy groups -OCH3 is 1. The fourth-order valence-corrected chi connectivity index (χ4v) is 3.55. The monoisotopic (exact) mass is 469 g/mol. The van der Waals surface area contributed by atoms with Crippen LogP contribution in [0.1, 0.15) is 33.4 Å². The topological polar surface area (TPSA) is 88.7 Å². The Morgan fingerprint density at radius 2 is 1.81 bits per heavy atom. The van der Waals surface area contributed by atoms with E-state index < -0.39 is 0 Å². The van der Waals surface area contributed by atoms with Gasteiger partial charge in [0, 0.05) is 17.3 Å². The molecule has 1 aromatic heterocycles. The highest BCUT2D eigenvalue weighted by Gasteiger charge is 2.13. The Hall–Kier alpha value is -3.43. The minimum absolute atomic E-state index is 0.138. The van der Waals surface area contributed by atoms with Crippen molar-refractivity contribution < 1.29 is 19.1 Å². The fourth-order valence-electron chi connectivity index (χ4n) is 2.72. The Kier molecular flexibility index (Phi) is 8.18. The van der Waals surface area contributed by atoms with Gasteiger partial charge in [0.25, 0.3) is 11.8 Å². The Labute approximate surface area is 195 Å². The van der Waals surface area contributed by atoms with Crippen molar-refractivity contribution in [1.29, 1.82) is 0 Å². The quantitative estimate of drug-likeness (QED) is 0.406. The van der Waals surface area contributed by atoms with Crippen LogP contribution < -0.4 is 25.4 Å². The third-order valence-electron chi connectivity index (χ3n) is 4.27. The summed E-state index contributed by atoms with van der Waals surface area (Å²) in [5.41, 5.74) is 1.59. The SMILES string of the molecule is CCCOc1ccc(C(=O)NC(=S)Nc2ccc(NC(=O)c3cccs3)c(OC)c2)cc1. The van der Waals surface area contributed by atoms with Crippen LogP contribution in [-0.4, -0.2) is 30.6 Å². The van der Waals surface area contributed by atoms with Gasteiger partial charge in [0.05, 0.1) is 24.3 Å². The lowest BCUT2D eigenvalue weighted by atomic mass is 10.2. The summed E-state index contributed by atoms with van der Waals surface area (Å²) in [7, 11) is 1.51. The summed E-state index contributed by atoms with van der Waals surface area (Å²) >= 11 is 6.61. The van der Waals surface area contributed by atoms with Gasteiger partial charge in [-0.3, -0.25) is 14.9 Å². The standard InChI is InChI=1S/C23H23N3O4S2/c1-3-12-30-17-9-6-15(7-10-17)21(27)26-23(31)24-16-8-11-18(19(14-16)29-2)25-22(28)20-5-4-13-32-20/h4-11,13-14H,3,12H2,1-2H3,(H,25,28)(H2,24,26,27,31). The predicted octanol–water partition coefficient (Wildman–Crippen LogP) is 4.92. The van der Waals surface area contributed by atoms with Crippen LogP contribution in [0.4, 0.5) is 11.4 Å². The molecule has 166 valence electrons. The molecule has 0 saturated heterocycles. The molecule has 1 heterocycles. The zero-order valence-electron chi connectivity index (χ0n) is 17.6. The van der Waals surface area contributed by atoms with Crippen molar-refractivity contribution in [1.82, 2.24) is 5.32 Å². The molecule has 2 aromatic carbocycles. The van der Waals surface area contributed by atoms with Crippen LogP contribution in [0.15, 0.2) is 60.0 Å². The summed E-state index contributed by atoms with van der Waals surface area (Å²) < 4.78 is 10.9. The summed E-state index contributed by atoms with van der Waals surface area (Å²) in [6, 6.07) is 15.5. The number of nitrogens with one attached hydrogen (secondary N) is 3. The second-order valence-electron chi connectivity index (χ2n) is 6.63. The first-order chi connectivity index (χ1) is 15.5. The van der Waals surface area contributed by atoms with Gasteiger partial charge in [-0.2, -0.15) is 0 Å². The number of carbonyl (C=O) groups excluding carboxylic acids is 2. The number of anilines is 2. The van der Waals surface area contributed by atoms with Crippen molar-refractivity contribution in [3.63, 3.8) is 0 Å². The van der Waals surface area contributed by atoms with E-state index in [1.54, 1.807) is 48.5 Å². The molecule has 0 fully saturated rings. The Bertz CT molecular complexity index is 1080. The van der Waals surface area contributed by atoms with E-state index in [1.165, 1.54) is 18.4 Å². The molecule has 0 aliphatic carbocycles. The lowest BCUT2D eigenvalue weighted by molar-refractivity contribution is 0.0976. The van der Waals surface area contributed by atoms with Crippen LogP contribution in [0.25, 0.3) is 0 Å². The molecule has 0 radical (unpaired) electrons. The molecule has 0 saturated carbocycles. The maximum Gasteiger partial charge on any atom is 0.265 e. The van der Waals surface area contributed by atoms with E-state index in [1.807, 2.05) is 18.4 Å². The third-order valence-corrected chi connectivity index (χ3v) is 5.34. The molecule has 7 nitrogen and oxygen atoms in total. The molecular formula is C23H23N3O4S2. The van der Waals surface area contributed by atoms with E-state index in [-0.39, 0.29) is 16.9 Å². The number of ether oxygens (including phenoxy) is 2. The number of benzene rings is 2. The van der Waals surface area contributed by atoms with E-state index in [9.17, 15) is 9.59 Å². The highest BCUT2D eigenvalue weighted by Crippen LogP contribution is 2.28. The summed E-state index contributed by atoms with van der Waals surface area (Å²) in [6.45, 7) is 2.65. The molecule has 0 spiro atoms. The summed E-state index contributed by atoms with van der Waals surface area (Å²) in [5.74, 6) is 0.614. The number of amides is 2. The molecule has 9 heteroatoms. The Morgan fingerprint density at radius 1 is 1.03 bits per heavy atom. The molecule has 0 atom stereocenters. The Balaban J connectivity index is 1.59. The molecule has 0 unspecified atom stereocenters. The maximum atomic E-state index is 12.4. The first-order valence-corrected chi connectivity index (χ1v) is 11.2. The van der Waals surface area contributed by atoms with E-state index in [0.717, 1.165) is 6.42 Å². The lowest BCUT2D eigenvalue weighted by Gasteiger charge is -2.14. The zero-order chi connectivity index (χ0) is 22.9. The lowest BCUT2D eigenvalue weighted by Crippen LogP contribution is -2.34. The second kappa shape index (κ2) is 11.3. The molecule has 0 bridgehead atoms. The van der Waals surface area contributed by atoms with Crippen LogP contribution >= 0.6 is 23.6 Å². The first kappa shape index (κ1) is 23.2. The van der Waals surface area contributed by atoms with Crippen molar-refractivity contribution in [2.75, 3.05) is 24.4 Å². The van der Waals surface area contributed by atoms with Crippen LogP contribution in [0.3, 0.4) is 0 Å². The molecule has 3 aromatic rings. The highest BCUT2D eigenvalue weighted by molar-refractivity contribution is 7.80.